The van der Waals surface area contributed by atoms with Crippen molar-refractivity contribution in [1.29, 1.82) is 0 Å². The molecule has 0 bridgehead atoms. The van der Waals surface area contributed by atoms with Gasteiger partial charge in [0, 0.05) is 18.6 Å². The van der Waals surface area contributed by atoms with Crippen LogP contribution in [0, 0.1) is 0 Å². The molecule has 0 aliphatic carbocycles. The summed E-state index contributed by atoms with van der Waals surface area (Å²) >= 11 is 0.809. The monoisotopic (exact) mass is 296 g/mol. The molecule has 1 nitrogen and oxygen atoms in total. The average Bonchev–Trinajstić information content (AvgIpc) is 2.28. The van der Waals surface area contributed by atoms with Gasteiger partial charge in [0.05, 0.1) is 0 Å². The van der Waals surface area contributed by atoms with E-state index in [0.717, 1.165) is 11.8 Å². The molecule has 2 atom stereocenters. The second-order valence-corrected chi connectivity index (χ2v) is 4.79. The van der Waals surface area contributed by atoms with Crippen LogP contribution in [0.5, 0.6) is 0 Å². The van der Waals surface area contributed by atoms with Gasteiger partial charge < -0.3 is 0 Å². The lowest BCUT2D eigenvalue weighted by molar-refractivity contribution is -0.174. The van der Waals surface area contributed by atoms with Crippen LogP contribution < -0.4 is 0 Å². The largest absolute Gasteiger partial charge is 0.337 e. The molecule has 0 aromatic heterocycles. The van der Waals surface area contributed by atoms with Crippen molar-refractivity contribution < 1.29 is 31.1 Å². The molecule has 0 saturated carbocycles. The van der Waals surface area contributed by atoms with Gasteiger partial charge in [0.1, 0.15) is 6.17 Å². The maximum Gasteiger partial charge on any atom is 0.337 e. The number of hydrogen-bond donors (Lipinski definition) is 0. The molecule has 0 aliphatic rings. The topological polar surface area (TPSA) is 17.1 Å². The van der Waals surface area contributed by atoms with Gasteiger partial charge in [-0.2, -0.15) is 8.78 Å². The van der Waals surface area contributed by atoms with Gasteiger partial charge in [0.25, 0.3) is 0 Å². The highest BCUT2D eigenvalue weighted by molar-refractivity contribution is 8.13. The molecular formula is C10H14F6OS. The Kier molecular flexibility index (Phi) is 7.73. The van der Waals surface area contributed by atoms with Crippen LogP contribution in [0.15, 0.2) is 0 Å². The Balaban J connectivity index is 4.01. The highest BCUT2D eigenvalue weighted by Gasteiger charge is 2.50. The number of thioether (sulfide) groups is 1. The van der Waals surface area contributed by atoms with E-state index in [4.69, 9.17) is 0 Å². The molecule has 0 fully saturated rings. The van der Waals surface area contributed by atoms with Crippen LogP contribution in [-0.4, -0.2) is 35.6 Å². The molecule has 0 heterocycles. The van der Waals surface area contributed by atoms with Crippen molar-refractivity contribution in [3.8, 4) is 0 Å². The Morgan fingerprint density at radius 3 is 2.22 bits per heavy atom. The number of alkyl halides is 6. The van der Waals surface area contributed by atoms with Gasteiger partial charge in [-0.25, -0.2) is 17.6 Å². The molecule has 0 spiro atoms. The summed E-state index contributed by atoms with van der Waals surface area (Å²) < 4.78 is 74.3. The van der Waals surface area contributed by atoms with Crippen molar-refractivity contribution in [3.05, 3.63) is 0 Å². The summed E-state index contributed by atoms with van der Waals surface area (Å²) in [4.78, 5) is 10.8. The first-order chi connectivity index (χ1) is 8.21. The lowest BCUT2D eigenvalue weighted by Crippen LogP contribution is -2.39. The van der Waals surface area contributed by atoms with Crippen LogP contribution in [0.2, 0.25) is 0 Å². The molecule has 0 radical (unpaired) electrons. The normalized spacial score (nSPS) is 15.8. The third kappa shape index (κ3) is 5.97. The van der Waals surface area contributed by atoms with Gasteiger partial charge in [0.2, 0.25) is 0 Å². The number of carbonyl (C=O) groups is 1. The van der Waals surface area contributed by atoms with Crippen molar-refractivity contribution >= 4 is 16.9 Å². The number of halogens is 6. The molecule has 8 heteroatoms. The molecular weight excluding hydrogens is 282 g/mol. The Labute approximate surface area is 105 Å². The molecule has 0 saturated heterocycles. The van der Waals surface area contributed by atoms with Crippen LogP contribution in [0.3, 0.4) is 0 Å². The van der Waals surface area contributed by atoms with Gasteiger partial charge in [-0.05, 0) is 6.42 Å². The molecule has 0 rings (SSSR count). The second-order valence-electron chi connectivity index (χ2n) is 3.64. The van der Waals surface area contributed by atoms with Crippen molar-refractivity contribution in [2.75, 3.05) is 5.75 Å². The van der Waals surface area contributed by atoms with E-state index in [0.29, 0.717) is 0 Å². The van der Waals surface area contributed by atoms with Crippen LogP contribution in [0.1, 0.15) is 26.2 Å². The summed E-state index contributed by atoms with van der Waals surface area (Å²) in [7, 11) is 0. The summed E-state index contributed by atoms with van der Waals surface area (Å²) in [5.74, 6) is -4.82. The maximum atomic E-state index is 13.1. The van der Waals surface area contributed by atoms with Crippen LogP contribution >= 0.6 is 11.8 Å². The van der Waals surface area contributed by atoms with Crippen molar-refractivity contribution in [3.63, 3.8) is 0 Å². The van der Waals surface area contributed by atoms with Crippen molar-refractivity contribution in [2.24, 2.45) is 0 Å². The second kappa shape index (κ2) is 7.91. The molecule has 108 valence electrons. The summed E-state index contributed by atoms with van der Waals surface area (Å²) in [5.41, 5.74) is 0. The van der Waals surface area contributed by atoms with E-state index in [1.165, 1.54) is 0 Å². The fourth-order valence-corrected chi connectivity index (χ4v) is 1.84. The lowest BCUT2D eigenvalue weighted by atomic mass is 10.1. The minimum absolute atomic E-state index is 0.0147. The summed E-state index contributed by atoms with van der Waals surface area (Å²) in [6.45, 7) is 1.60. The van der Waals surface area contributed by atoms with Crippen LogP contribution in [0.25, 0.3) is 0 Å². The van der Waals surface area contributed by atoms with Gasteiger partial charge >= 0.3 is 12.3 Å². The minimum Gasteiger partial charge on any atom is -0.287 e. The van der Waals surface area contributed by atoms with E-state index >= 15 is 0 Å². The smallest absolute Gasteiger partial charge is 0.287 e. The third-order valence-corrected chi connectivity index (χ3v) is 3.20. The van der Waals surface area contributed by atoms with E-state index in [1.807, 2.05) is 0 Å². The fraction of sp³-hybridized carbons (Fsp3) is 0.900. The van der Waals surface area contributed by atoms with Gasteiger partial charge in [-0.1, -0.05) is 18.7 Å². The maximum absolute atomic E-state index is 13.1. The zero-order chi connectivity index (χ0) is 14.3. The summed E-state index contributed by atoms with van der Waals surface area (Å²) in [6, 6.07) is 0. The van der Waals surface area contributed by atoms with Crippen molar-refractivity contribution in [2.45, 2.75) is 50.9 Å². The van der Waals surface area contributed by atoms with E-state index in [1.54, 1.807) is 6.92 Å². The molecule has 0 aromatic rings. The summed E-state index contributed by atoms with van der Waals surface area (Å²) in [5, 5.41) is -0.197. The van der Waals surface area contributed by atoms with Crippen molar-refractivity contribution in [1.82, 2.24) is 0 Å². The van der Waals surface area contributed by atoms with Crippen LogP contribution in [0.4, 0.5) is 26.3 Å². The first-order valence-electron chi connectivity index (χ1n) is 5.31. The molecule has 18 heavy (non-hydrogen) atoms. The standard InChI is InChI=1S/C10H14F6OS/c1-2-8(17)18-4-3-6(11)5-7(12)10(15,16)9(13)14/h6-7,9H,2-5H2,1H3. The highest BCUT2D eigenvalue weighted by atomic mass is 32.2. The molecule has 0 aliphatic heterocycles. The van der Waals surface area contributed by atoms with Gasteiger partial charge in [-0.15, -0.1) is 0 Å². The predicted octanol–water partition coefficient (Wildman–Crippen LogP) is 4.01. The fourth-order valence-electron chi connectivity index (χ4n) is 1.04. The molecule has 0 aromatic carbocycles. The van der Waals surface area contributed by atoms with Gasteiger partial charge in [0.15, 0.2) is 11.3 Å². The Hall–Kier alpha value is -0.400. The number of hydrogen-bond acceptors (Lipinski definition) is 2. The first-order valence-corrected chi connectivity index (χ1v) is 6.30. The van der Waals surface area contributed by atoms with E-state index in [9.17, 15) is 31.1 Å². The lowest BCUT2D eigenvalue weighted by Gasteiger charge is -2.20. The molecule has 0 N–H and O–H groups in total. The highest BCUT2D eigenvalue weighted by Crippen LogP contribution is 2.32. The predicted molar refractivity (Wildman–Crippen MR) is 57.7 cm³/mol. The Morgan fingerprint density at radius 1 is 1.22 bits per heavy atom. The number of carbonyl (C=O) groups excluding carboxylic acids is 1. The number of rotatable bonds is 8. The van der Waals surface area contributed by atoms with Crippen LogP contribution in [-0.2, 0) is 4.79 Å². The van der Waals surface area contributed by atoms with Gasteiger partial charge in [-0.3, -0.25) is 4.79 Å². The zero-order valence-corrected chi connectivity index (χ0v) is 10.5. The summed E-state index contributed by atoms with van der Waals surface area (Å²) in [6.07, 6.45) is -10.7. The molecule has 0 amide bonds. The van der Waals surface area contributed by atoms with E-state index in [-0.39, 0.29) is 23.7 Å². The SMILES string of the molecule is CCC(=O)SCCC(F)CC(F)C(F)(F)C(F)F. The zero-order valence-electron chi connectivity index (χ0n) is 9.64. The van der Waals surface area contributed by atoms with E-state index < -0.39 is 31.1 Å². The first kappa shape index (κ1) is 17.6. The Bertz CT molecular complexity index is 261. The Morgan fingerprint density at radius 2 is 1.78 bits per heavy atom. The quantitative estimate of drug-likeness (QED) is 0.629. The average molecular weight is 296 g/mol. The molecule has 2 unspecified atom stereocenters. The van der Waals surface area contributed by atoms with E-state index in [2.05, 4.69) is 0 Å². The minimum atomic E-state index is -4.84. The third-order valence-electron chi connectivity index (χ3n) is 2.15.